The molecule has 25 heavy (non-hydrogen) atoms. The van der Waals surface area contributed by atoms with Gasteiger partial charge in [0.1, 0.15) is 0 Å². The molecule has 1 aromatic carbocycles. The number of ketones is 1. The molecule has 0 saturated heterocycles. The number of hydrogen-bond acceptors (Lipinski definition) is 2. The minimum atomic E-state index is -0.270. The summed E-state index contributed by atoms with van der Waals surface area (Å²) in [7, 11) is 4.16. The van der Waals surface area contributed by atoms with Gasteiger partial charge in [-0.3, -0.25) is 4.79 Å². The van der Waals surface area contributed by atoms with E-state index in [1.165, 1.54) is 12.0 Å². The zero-order chi connectivity index (χ0) is 17.2. The highest BCUT2D eigenvalue weighted by Gasteiger charge is 2.47. The van der Waals surface area contributed by atoms with Crippen molar-refractivity contribution in [3.8, 4) is 0 Å². The fourth-order valence-electron chi connectivity index (χ4n) is 4.03. The third-order valence-electron chi connectivity index (χ3n) is 5.42. The molecule has 1 unspecified atom stereocenters. The van der Waals surface area contributed by atoms with Crippen LogP contribution in [0.4, 0.5) is 0 Å². The molecule has 1 atom stereocenters. The number of Topliss-reactive ketones (excluding diaryl/α,β-unsaturated/α-hetero) is 1. The van der Waals surface area contributed by atoms with Crippen LogP contribution in [0.1, 0.15) is 44.1 Å². The average molecular weight is 380 g/mol. The largest absolute Gasteiger partial charge is 0.309 e. The second kappa shape index (κ2) is 8.53. The Morgan fingerprint density at radius 2 is 2.00 bits per heavy atom. The highest BCUT2D eigenvalue weighted by molar-refractivity contribution is 6.32. The first-order valence-corrected chi connectivity index (χ1v) is 9.25. The van der Waals surface area contributed by atoms with Crippen molar-refractivity contribution < 1.29 is 4.79 Å². The third kappa shape index (κ3) is 4.19. The quantitative estimate of drug-likeness (QED) is 0.493. The Kier molecular flexibility index (Phi) is 6.90. The molecule has 2 aliphatic rings. The maximum Gasteiger partial charge on any atom is 0.169 e. The number of hydrogen-bond donors (Lipinski definition) is 0. The van der Waals surface area contributed by atoms with Gasteiger partial charge in [-0.15, -0.1) is 12.4 Å². The van der Waals surface area contributed by atoms with Crippen molar-refractivity contribution in [2.75, 3.05) is 20.6 Å². The van der Waals surface area contributed by atoms with Crippen LogP contribution >= 0.6 is 24.0 Å². The van der Waals surface area contributed by atoms with Gasteiger partial charge < -0.3 is 4.90 Å². The number of carbonyl (C=O) groups is 1. The first-order chi connectivity index (χ1) is 11.5. The molecule has 0 amide bonds. The molecule has 4 heteroatoms. The minimum Gasteiger partial charge on any atom is -0.309 e. The summed E-state index contributed by atoms with van der Waals surface area (Å²) in [4.78, 5) is 15.6. The molecule has 2 nitrogen and oxygen atoms in total. The molecule has 0 heterocycles. The summed E-state index contributed by atoms with van der Waals surface area (Å²) in [6.45, 7) is 0.947. The molecular weight excluding hydrogens is 353 g/mol. The van der Waals surface area contributed by atoms with E-state index in [0.29, 0.717) is 10.8 Å². The smallest absolute Gasteiger partial charge is 0.169 e. The zero-order valence-electron chi connectivity index (χ0n) is 15.1. The Labute approximate surface area is 162 Å². The molecule has 2 aliphatic carbocycles. The molecule has 0 radical (unpaired) electrons. The Morgan fingerprint density at radius 1 is 1.24 bits per heavy atom. The van der Waals surface area contributed by atoms with Gasteiger partial charge in [0.15, 0.2) is 5.78 Å². The number of carbonyl (C=O) groups excluding carboxylic acids is 1. The summed E-state index contributed by atoms with van der Waals surface area (Å²) < 4.78 is 0. The second-order valence-electron chi connectivity index (χ2n) is 7.28. The molecule has 1 aromatic rings. The van der Waals surface area contributed by atoms with Gasteiger partial charge in [0.05, 0.1) is 5.41 Å². The number of halogens is 2. The van der Waals surface area contributed by atoms with E-state index in [2.05, 4.69) is 25.1 Å². The first-order valence-electron chi connectivity index (χ1n) is 8.87. The van der Waals surface area contributed by atoms with Crippen LogP contribution in [0.15, 0.2) is 41.5 Å². The second-order valence-corrected chi connectivity index (χ2v) is 7.68. The van der Waals surface area contributed by atoms with Crippen LogP contribution in [0.5, 0.6) is 0 Å². The normalized spacial score (nSPS) is 24.7. The molecule has 0 N–H and O–H groups in total. The van der Waals surface area contributed by atoms with Gasteiger partial charge in [-0.1, -0.05) is 41.4 Å². The third-order valence-corrected chi connectivity index (χ3v) is 5.77. The predicted octanol–water partition coefficient (Wildman–Crippen LogP) is 5.56. The Morgan fingerprint density at radius 3 is 2.64 bits per heavy atom. The van der Waals surface area contributed by atoms with Crippen molar-refractivity contribution in [2.45, 2.75) is 38.5 Å². The van der Waals surface area contributed by atoms with Crippen molar-refractivity contribution in [3.05, 3.63) is 52.1 Å². The highest BCUT2D eigenvalue weighted by atomic mass is 35.5. The average Bonchev–Trinajstić information content (AvgIpc) is 3.18. The van der Waals surface area contributed by atoms with E-state index in [1.54, 1.807) is 0 Å². The minimum absolute atomic E-state index is 0. The maximum absolute atomic E-state index is 13.4. The molecule has 1 fully saturated rings. The molecule has 136 valence electrons. The molecule has 3 rings (SSSR count). The highest BCUT2D eigenvalue weighted by Crippen LogP contribution is 2.50. The number of rotatable bonds is 5. The van der Waals surface area contributed by atoms with Gasteiger partial charge in [0, 0.05) is 5.02 Å². The summed E-state index contributed by atoms with van der Waals surface area (Å²) >= 11 is 6.28. The van der Waals surface area contributed by atoms with E-state index in [9.17, 15) is 4.79 Å². The molecule has 0 bridgehead atoms. The van der Waals surface area contributed by atoms with Crippen LogP contribution in [-0.4, -0.2) is 31.3 Å². The molecule has 1 saturated carbocycles. The van der Waals surface area contributed by atoms with Crippen LogP contribution < -0.4 is 0 Å². The Hall–Kier alpha value is -1.09. The number of benzene rings is 1. The van der Waals surface area contributed by atoms with Gasteiger partial charge in [0.2, 0.25) is 0 Å². The van der Waals surface area contributed by atoms with E-state index in [-0.39, 0.29) is 17.8 Å². The maximum atomic E-state index is 13.4. The van der Waals surface area contributed by atoms with Crippen molar-refractivity contribution in [2.24, 2.45) is 5.41 Å². The fourth-order valence-corrected chi connectivity index (χ4v) is 4.22. The van der Waals surface area contributed by atoms with Crippen LogP contribution in [-0.2, 0) is 4.79 Å². The standard InChI is InChI=1S/C21H26ClNO.ClH/c1-23(2)14-13-21(18-8-4-5-9-18)12-11-17(20(21)24)15-16-7-3-6-10-19(16)22;/h3,6-8,10,15H,4-5,9,11-14H2,1-2H3;1H/b17-15-;. The van der Waals surface area contributed by atoms with E-state index in [0.717, 1.165) is 49.8 Å². The SMILES string of the molecule is CN(C)CCC1(C2=CCCC2)CC/C(=C/c2ccccc2Cl)C1=O.Cl. The van der Waals surface area contributed by atoms with Crippen LogP contribution in [0.25, 0.3) is 6.08 Å². The van der Waals surface area contributed by atoms with Gasteiger partial charge in [-0.05, 0) is 82.4 Å². The molecule has 0 aliphatic heterocycles. The number of allylic oxidation sites excluding steroid dienone is 3. The van der Waals surface area contributed by atoms with Crippen LogP contribution in [0.3, 0.4) is 0 Å². The lowest BCUT2D eigenvalue weighted by Crippen LogP contribution is -2.32. The lowest BCUT2D eigenvalue weighted by molar-refractivity contribution is -0.121. The summed E-state index contributed by atoms with van der Waals surface area (Å²) in [6.07, 6.45) is 10.5. The van der Waals surface area contributed by atoms with Crippen LogP contribution in [0.2, 0.25) is 5.02 Å². The zero-order valence-corrected chi connectivity index (χ0v) is 16.6. The van der Waals surface area contributed by atoms with Crippen molar-refractivity contribution in [1.29, 1.82) is 0 Å². The number of nitrogens with zero attached hydrogens (tertiary/aromatic N) is 1. The summed E-state index contributed by atoms with van der Waals surface area (Å²) in [6, 6.07) is 7.76. The Balaban J connectivity index is 0.00000225. The van der Waals surface area contributed by atoms with E-state index < -0.39 is 0 Å². The van der Waals surface area contributed by atoms with Crippen molar-refractivity contribution in [3.63, 3.8) is 0 Å². The lowest BCUT2D eigenvalue weighted by Gasteiger charge is -2.30. The fraction of sp³-hybridized carbons (Fsp3) is 0.476. The lowest BCUT2D eigenvalue weighted by atomic mass is 9.74. The van der Waals surface area contributed by atoms with Crippen LogP contribution in [0, 0.1) is 5.41 Å². The van der Waals surface area contributed by atoms with E-state index in [4.69, 9.17) is 11.6 Å². The monoisotopic (exact) mass is 379 g/mol. The van der Waals surface area contributed by atoms with Gasteiger partial charge in [-0.25, -0.2) is 0 Å². The summed E-state index contributed by atoms with van der Waals surface area (Å²) in [5.74, 6) is 0.331. The van der Waals surface area contributed by atoms with E-state index in [1.807, 2.05) is 30.3 Å². The van der Waals surface area contributed by atoms with Gasteiger partial charge in [-0.2, -0.15) is 0 Å². The van der Waals surface area contributed by atoms with Crippen molar-refractivity contribution in [1.82, 2.24) is 4.90 Å². The molecule has 0 spiro atoms. The van der Waals surface area contributed by atoms with E-state index >= 15 is 0 Å². The molecule has 0 aromatic heterocycles. The Bertz CT molecular complexity index is 693. The predicted molar refractivity (Wildman–Crippen MR) is 108 cm³/mol. The molecular formula is C21H27Cl2NO. The summed E-state index contributed by atoms with van der Waals surface area (Å²) in [5.41, 5.74) is 3.01. The summed E-state index contributed by atoms with van der Waals surface area (Å²) in [5, 5.41) is 0.712. The first kappa shape index (κ1) is 20.2. The van der Waals surface area contributed by atoms with Crippen molar-refractivity contribution >= 4 is 35.9 Å². The topological polar surface area (TPSA) is 20.3 Å². The van der Waals surface area contributed by atoms with Gasteiger partial charge >= 0.3 is 0 Å². The van der Waals surface area contributed by atoms with Gasteiger partial charge in [0.25, 0.3) is 0 Å².